The number of benzene rings is 1. The van der Waals surface area contributed by atoms with Crippen molar-refractivity contribution in [3.05, 3.63) is 46.4 Å². The molecular weight excluding hydrogens is 289 g/mol. The summed E-state index contributed by atoms with van der Waals surface area (Å²) >= 11 is 1.70. The second kappa shape index (κ2) is 7.19. The van der Waals surface area contributed by atoms with Gasteiger partial charge < -0.3 is 16.0 Å². The van der Waals surface area contributed by atoms with E-state index in [2.05, 4.69) is 16.3 Å². The number of amides is 1. The highest BCUT2D eigenvalue weighted by Gasteiger charge is 2.08. The minimum atomic E-state index is -0.416. The number of halogens is 1. The lowest BCUT2D eigenvalue weighted by Gasteiger charge is -2.15. The Morgan fingerprint density at radius 3 is 2.90 bits per heavy atom. The van der Waals surface area contributed by atoms with Crippen molar-refractivity contribution in [3.63, 3.8) is 0 Å². The fraction of sp³-hybridized carbons (Fsp3) is 0.267. The Kier molecular flexibility index (Phi) is 5.30. The molecule has 0 atom stereocenters. The van der Waals surface area contributed by atoms with E-state index in [1.165, 1.54) is 23.1 Å². The lowest BCUT2D eigenvalue weighted by Crippen LogP contribution is -2.24. The Morgan fingerprint density at radius 1 is 1.43 bits per heavy atom. The molecule has 0 saturated carbocycles. The number of nitrogen functional groups attached to an aromatic ring is 1. The lowest BCUT2D eigenvalue weighted by molar-refractivity contribution is -0.116. The Morgan fingerprint density at radius 2 is 2.24 bits per heavy atom. The summed E-state index contributed by atoms with van der Waals surface area (Å²) in [4.78, 5) is 15.2. The van der Waals surface area contributed by atoms with E-state index < -0.39 is 5.82 Å². The van der Waals surface area contributed by atoms with Gasteiger partial charge in [0, 0.05) is 24.4 Å². The highest BCUT2D eigenvalue weighted by Crippen LogP contribution is 2.19. The number of thiophene rings is 1. The van der Waals surface area contributed by atoms with Gasteiger partial charge in [0.05, 0.1) is 11.4 Å². The minimum absolute atomic E-state index is 0.133. The fourth-order valence-electron chi connectivity index (χ4n) is 1.90. The first kappa shape index (κ1) is 15.5. The molecule has 112 valence electrons. The van der Waals surface area contributed by atoms with Crippen LogP contribution in [0.4, 0.5) is 15.8 Å². The maximum Gasteiger partial charge on any atom is 0.225 e. The van der Waals surface area contributed by atoms with Crippen LogP contribution in [0.5, 0.6) is 0 Å². The van der Waals surface area contributed by atoms with E-state index in [1.54, 1.807) is 11.3 Å². The smallest absolute Gasteiger partial charge is 0.225 e. The van der Waals surface area contributed by atoms with Gasteiger partial charge >= 0.3 is 0 Å². The SMILES string of the molecule is CN(CCC(=O)Nc1ccc(F)cc1N)Cc1cccs1. The summed E-state index contributed by atoms with van der Waals surface area (Å²) in [6, 6.07) is 8.02. The number of carbonyl (C=O) groups is 1. The predicted octanol–water partition coefficient (Wildman–Crippen LogP) is 2.93. The first-order chi connectivity index (χ1) is 10.0. The van der Waals surface area contributed by atoms with Crippen LogP contribution in [0.2, 0.25) is 0 Å². The van der Waals surface area contributed by atoms with Crippen molar-refractivity contribution in [2.24, 2.45) is 0 Å². The summed E-state index contributed by atoms with van der Waals surface area (Å²) in [6.45, 7) is 1.47. The van der Waals surface area contributed by atoms with Gasteiger partial charge in [-0.2, -0.15) is 0 Å². The molecule has 0 aliphatic heterocycles. The van der Waals surface area contributed by atoms with Crippen molar-refractivity contribution in [1.82, 2.24) is 4.90 Å². The minimum Gasteiger partial charge on any atom is -0.397 e. The van der Waals surface area contributed by atoms with Crippen LogP contribution >= 0.6 is 11.3 Å². The molecule has 1 aromatic carbocycles. The molecule has 0 radical (unpaired) electrons. The van der Waals surface area contributed by atoms with E-state index in [9.17, 15) is 9.18 Å². The van der Waals surface area contributed by atoms with Gasteiger partial charge in [-0.1, -0.05) is 6.07 Å². The number of rotatable bonds is 6. The number of nitrogens with two attached hydrogens (primary N) is 1. The summed E-state index contributed by atoms with van der Waals surface area (Å²) in [6.07, 6.45) is 0.360. The van der Waals surface area contributed by atoms with Gasteiger partial charge in [0.25, 0.3) is 0 Å². The third-order valence-corrected chi connectivity index (χ3v) is 3.88. The van der Waals surface area contributed by atoms with E-state index in [1.807, 2.05) is 18.5 Å². The summed E-state index contributed by atoms with van der Waals surface area (Å²) in [5.74, 6) is -0.549. The maximum absolute atomic E-state index is 12.9. The van der Waals surface area contributed by atoms with Gasteiger partial charge in [0.15, 0.2) is 0 Å². The number of nitrogens with zero attached hydrogens (tertiary/aromatic N) is 1. The molecular formula is C15H18FN3OS. The van der Waals surface area contributed by atoms with Crippen molar-refractivity contribution < 1.29 is 9.18 Å². The topological polar surface area (TPSA) is 58.4 Å². The average Bonchev–Trinajstić information content (AvgIpc) is 2.92. The quantitative estimate of drug-likeness (QED) is 0.807. The summed E-state index contributed by atoms with van der Waals surface area (Å²) in [5.41, 5.74) is 6.33. The monoisotopic (exact) mass is 307 g/mol. The maximum atomic E-state index is 12.9. The molecule has 4 nitrogen and oxygen atoms in total. The zero-order valence-corrected chi connectivity index (χ0v) is 12.6. The first-order valence-electron chi connectivity index (χ1n) is 6.60. The van der Waals surface area contributed by atoms with E-state index in [4.69, 9.17) is 5.73 Å². The third kappa shape index (κ3) is 4.84. The number of anilines is 2. The van der Waals surface area contributed by atoms with E-state index >= 15 is 0 Å². The second-order valence-electron chi connectivity index (χ2n) is 4.85. The molecule has 0 spiro atoms. The van der Waals surface area contributed by atoms with Gasteiger partial charge in [0.2, 0.25) is 5.91 Å². The van der Waals surface area contributed by atoms with E-state index in [0.717, 1.165) is 6.54 Å². The standard InChI is InChI=1S/C15H18FN3OS/c1-19(10-12-3-2-8-21-12)7-6-15(20)18-14-5-4-11(16)9-13(14)17/h2-5,8-9H,6-7,10,17H2,1H3,(H,18,20). The Labute approximate surface area is 127 Å². The van der Waals surface area contributed by atoms with Crippen LogP contribution in [0.15, 0.2) is 35.7 Å². The van der Waals surface area contributed by atoms with Crippen molar-refractivity contribution in [2.45, 2.75) is 13.0 Å². The normalized spacial score (nSPS) is 10.8. The fourth-order valence-corrected chi connectivity index (χ4v) is 2.68. The van der Waals surface area contributed by atoms with E-state index in [-0.39, 0.29) is 11.6 Å². The highest BCUT2D eigenvalue weighted by molar-refractivity contribution is 7.09. The molecule has 1 aromatic heterocycles. The zero-order chi connectivity index (χ0) is 15.2. The van der Waals surface area contributed by atoms with Crippen LogP contribution in [0.1, 0.15) is 11.3 Å². The van der Waals surface area contributed by atoms with Crippen LogP contribution in [0.3, 0.4) is 0 Å². The van der Waals surface area contributed by atoms with Crippen molar-refractivity contribution in [2.75, 3.05) is 24.6 Å². The van der Waals surface area contributed by atoms with E-state index in [0.29, 0.717) is 18.7 Å². The number of nitrogens with one attached hydrogen (secondary N) is 1. The molecule has 2 aromatic rings. The lowest BCUT2D eigenvalue weighted by atomic mass is 10.2. The zero-order valence-electron chi connectivity index (χ0n) is 11.8. The number of hydrogen-bond acceptors (Lipinski definition) is 4. The van der Waals surface area contributed by atoms with Gasteiger partial charge in [0.1, 0.15) is 5.82 Å². The molecule has 0 aliphatic carbocycles. The van der Waals surface area contributed by atoms with Crippen LogP contribution in [0, 0.1) is 5.82 Å². The number of carbonyl (C=O) groups excluding carboxylic acids is 1. The predicted molar refractivity (Wildman–Crippen MR) is 84.7 cm³/mol. The van der Waals surface area contributed by atoms with Gasteiger partial charge in [-0.15, -0.1) is 11.3 Å². The largest absolute Gasteiger partial charge is 0.397 e. The van der Waals surface area contributed by atoms with Crippen molar-refractivity contribution in [1.29, 1.82) is 0 Å². The van der Waals surface area contributed by atoms with Crippen LogP contribution in [-0.2, 0) is 11.3 Å². The number of hydrogen-bond donors (Lipinski definition) is 2. The van der Waals surface area contributed by atoms with Crippen LogP contribution in [-0.4, -0.2) is 24.4 Å². The molecule has 0 saturated heterocycles. The summed E-state index contributed by atoms with van der Waals surface area (Å²) in [5, 5.41) is 4.73. The molecule has 6 heteroatoms. The Bertz CT molecular complexity index is 601. The molecule has 3 N–H and O–H groups in total. The van der Waals surface area contributed by atoms with Gasteiger partial charge in [-0.3, -0.25) is 4.79 Å². The Hall–Kier alpha value is -1.92. The first-order valence-corrected chi connectivity index (χ1v) is 7.48. The molecule has 1 heterocycles. The van der Waals surface area contributed by atoms with Crippen LogP contribution in [0.25, 0.3) is 0 Å². The third-order valence-electron chi connectivity index (χ3n) is 3.01. The highest BCUT2D eigenvalue weighted by atomic mass is 32.1. The molecule has 0 aliphatic rings. The van der Waals surface area contributed by atoms with Crippen molar-refractivity contribution in [3.8, 4) is 0 Å². The molecule has 0 unspecified atom stereocenters. The molecule has 2 rings (SSSR count). The van der Waals surface area contributed by atoms with Crippen LogP contribution < -0.4 is 11.1 Å². The molecule has 21 heavy (non-hydrogen) atoms. The molecule has 0 bridgehead atoms. The van der Waals surface area contributed by atoms with Gasteiger partial charge in [-0.25, -0.2) is 4.39 Å². The van der Waals surface area contributed by atoms with Gasteiger partial charge in [-0.05, 0) is 36.7 Å². The molecule has 0 fully saturated rings. The molecule has 1 amide bonds. The average molecular weight is 307 g/mol. The second-order valence-corrected chi connectivity index (χ2v) is 5.88. The Balaban J connectivity index is 1.79. The summed E-state index contributed by atoms with van der Waals surface area (Å²) < 4.78 is 12.9. The van der Waals surface area contributed by atoms with Crippen molar-refractivity contribution >= 4 is 28.6 Å². The summed E-state index contributed by atoms with van der Waals surface area (Å²) in [7, 11) is 1.97.